The van der Waals surface area contributed by atoms with Gasteiger partial charge in [0, 0.05) is 11.1 Å². The van der Waals surface area contributed by atoms with Gasteiger partial charge in [0.15, 0.2) is 11.0 Å². The molecule has 0 fully saturated rings. The molecule has 4 rings (SSSR count). The first-order valence-corrected chi connectivity index (χ1v) is 10.7. The third-order valence-electron chi connectivity index (χ3n) is 5.46. The summed E-state index contributed by atoms with van der Waals surface area (Å²) in [6.45, 7) is 3.33. The molecule has 0 unspecified atom stereocenters. The highest BCUT2D eigenvalue weighted by Crippen LogP contribution is 2.27. The van der Waals surface area contributed by atoms with Crippen molar-refractivity contribution in [1.82, 2.24) is 5.32 Å². The molecule has 0 saturated heterocycles. The largest absolute Gasteiger partial charge is 0.495 e. The third kappa shape index (κ3) is 4.54. The van der Waals surface area contributed by atoms with Crippen LogP contribution >= 0.6 is 0 Å². The van der Waals surface area contributed by atoms with Crippen molar-refractivity contribution in [2.75, 3.05) is 19.0 Å². The molecular formula is C27H24N2O5. The number of hydrogen-bond acceptors (Lipinski definition) is 5. The fourth-order valence-corrected chi connectivity index (χ4v) is 3.72. The van der Waals surface area contributed by atoms with Crippen LogP contribution in [0, 0.1) is 13.8 Å². The molecule has 2 amide bonds. The molecule has 0 aliphatic carbocycles. The van der Waals surface area contributed by atoms with Gasteiger partial charge >= 0.3 is 0 Å². The van der Waals surface area contributed by atoms with E-state index < -0.39 is 11.8 Å². The monoisotopic (exact) mass is 456 g/mol. The second kappa shape index (κ2) is 9.62. The van der Waals surface area contributed by atoms with Crippen molar-refractivity contribution in [1.29, 1.82) is 0 Å². The maximum absolute atomic E-state index is 13.0. The molecule has 0 aliphatic heterocycles. The number of methoxy groups -OCH3 is 1. The van der Waals surface area contributed by atoms with Crippen LogP contribution in [0.4, 0.5) is 5.69 Å². The lowest BCUT2D eigenvalue weighted by Gasteiger charge is -2.12. The van der Waals surface area contributed by atoms with Crippen LogP contribution in [0.5, 0.6) is 5.75 Å². The normalized spacial score (nSPS) is 10.7. The van der Waals surface area contributed by atoms with Crippen LogP contribution in [0.25, 0.3) is 22.3 Å². The molecule has 7 nitrogen and oxygen atoms in total. The lowest BCUT2D eigenvalue weighted by molar-refractivity contribution is -0.115. The quantitative estimate of drug-likeness (QED) is 0.447. The number of nitrogens with one attached hydrogen (secondary N) is 2. The van der Waals surface area contributed by atoms with Crippen molar-refractivity contribution in [2.24, 2.45) is 0 Å². The molecule has 0 aliphatic rings. The predicted molar refractivity (Wildman–Crippen MR) is 131 cm³/mol. The number of para-hydroxylation sites is 1. The second-order valence-electron chi connectivity index (χ2n) is 7.87. The molecule has 0 spiro atoms. The lowest BCUT2D eigenvalue weighted by Crippen LogP contribution is -2.33. The summed E-state index contributed by atoms with van der Waals surface area (Å²) in [6, 6.07) is 19.5. The molecule has 0 atom stereocenters. The van der Waals surface area contributed by atoms with Gasteiger partial charge in [0.05, 0.1) is 30.3 Å². The van der Waals surface area contributed by atoms with Crippen molar-refractivity contribution >= 4 is 28.5 Å². The molecule has 1 heterocycles. The molecule has 0 saturated carbocycles. The van der Waals surface area contributed by atoms with Gasteiger partial charge in [0.25, 0.3) is 5.91 Å². The molecule has 0 radical (unpaired) electrons. The first-order chi connectivity index (χ1) is 16.4. The van der Waals surface area contributed by atoms with Crippen LogP contribution in [0.2, 0.25) is 0 Å². The molecule has 3 aromatic carbocycles. The SMILES string of the molecule is COc1ccc(C)cc1NC(=O)CNC(=O)c1cccc2c(=O)c(C)c(-c3ccccc3)oc12. The molecule has 7 heteroatoms. The van der Waals surface area contributed by atoms with E-state index in [1.54, 1.807) is 37.3 Å². The highest BCUT2D eigenvalue weighted by molar-refractivity contribution is 6.06. The first-order valence-electron chi connectivity index (χ1n) is 10.7. The van der Waals surface area contributed by atoms with Crippen molar-refractivity contribution in [3.05, 3.63) is 93.6 Å². The molecule has 0 bridgehead atoms. The molecule has 2 N–H and O–H groups in total. The molecule has 34 heavy (non-hydrogen) atoms. The van der Waals surface area contributed by atoms with Gasteiger partial charge in [-0.15, -0.1) is 0 Å². The van der Waals surface area contributed by atoms with E-state index in [4.69, 9.17) is 9.15 Å². The van der Waals surface area contributed by atoms with Crippen molar-refractivity contribution < 1.29 is 18.7 Å². The van der Waals surface area contributed by atoms with Crippen LogP contribution in [0.15, 0.2) is 75.9 Å². The maximum atomic E-state index is 13.0. The third-order valence-corrected chi connectivity index (χ3v) is 5.46. The van der Waals surface area contributed by atoms with E-state index in [0.717, 1.165) is 11.1 Å². The Labute approximate surface area is 196 Å². The number of carbonyl (C=O) groups excluding carboxylic acids is 2. The summed E-state index contributed by atoms with van der Waals surface area (Å²) >= 11 is 0. The summed E-state index contributed by atoms with van der Waals surface area (Å²) in [7, 11) is 1.52. The molecule has 1 aromatic heterocycles. The van der Waals surface area contributed by atoms with Crippen LogP contribution in [-0.4, -0.2) is 25.5 Å². The minimum atomic E-state index is -0.525. The average molecular weight is 456 g/mol. The topological polar surface area (TPSA) is 97.6 Å². The standard InChI is InChI=1S/C27H24N2O5/c1-16-12-13-22(33-3)21(14-16)29-23(30)15-28-27(32)20-11-7-10-19-24(31)17(2)25(34-26(19)20)18-8-5-4-6-9-18/h4-14H,15H2,1-3H3,(H,28,32)(H,29,30). The van der Waals surface area contributed by atoms with Gasteiger partial charge in [-0.3, -0.25) is 14.4 Å². The van der Waals surface area contributed by atoms with E-state index in [-0.39, 0.29) is 23.1 Å². The fourth-order valence-electron chi connectivity index (χ4n) is 3.72. The van der Waals surface area contributed by atoms with Gasteiger partial charge in [-0.2, -0.15) is 0 Å². The molecule has 4 aromatic rings. The number of aryl methyl sites for hydroxylation is 1. The minimum Gasteiger partial charge on any atom is -0.495 e. The van der Waals surface area contributed by atoms with Crippen LogP contribution < -0.4 is 20.8 Å². The second-order valence-corrected chi connectivity index (χ2v) is 7.87. The Morgan fingerprint density at radius 2 is 1.74 bits per heavy atom. The highest BCUT2D eigenvalue weighted by Gasteiger charge is 2.19. The van der Waals surface area contributed by atoms with E-state index in [2.05, 4.69) is 10.6 Å². The number of ether oxygens (including phenoxy) is 1. The molecular weight excluding hydrogens is 432 g/mol. The summed E-state index contributed by atoms with van der Waals surface area (Å²) in [5.74, 6) is -0.0183. The number of benzene rings is 3. The first kappa shape index (κ1) is 22.8. The summed E-state index contributed by atoms with van der Waals surface area (Å²) in [4.78, 5) is 38.4. The zero-order chi connectivity index (χ0) is 24.2. The minimum absolute atomic E-state index is 0.174. The van der Waals surface area contributed by atoms with E-state index in [0.29, 0.717) is 28.1 Å². The van der Waals surface area contributed by atoms with Crippen molar-refractivity contribution in [3.63, 3.8) is 0 Å². The Morgan fingerprint density at radius 3 is 2.47 bits per heavy atom. The van der Waals surface area contributed by atoms with E-state index in [1.165, 1.54) is 7.11 Å². The van der Waals surface area contributed by atoms with Crippen molar-refractivity contribution in [3.8, 4) is 17.1 Å². The number of carbonyl (C=O) groups is 2. The van der Waals surface area contributed by atoms with E-state index in [9.17, 15) is 14.4 Å². The van der Waals surface area contributed by atoms with Gasteiger partial charge in [-0.05, 0) is 43.7 Å². The number of rotatable bonds is 6. The number of hydrogen-bond donors (Lipinski definition) is 2. The van der Waals surface area contributed by atoms with Crippen LogP contribution in [0.1, 0.15) is 21.5 Å². The van der Waals surface area contributed by atoms with Gasteiger partial charge in [0.2, 0.25) is 5.91 Å². The smallest absolute Gasteiger partial charge is 0.255 e. The van der Waals surface area contributed by atoms with Gasteiger partial charge in [0.1, 0.15) is 11.5 Å². The average Bonchev–Trinajstić information content (AvgIpc) is 2.85. The Hall–Kier alpha value is -4.39. The Morgan fingerprint density at radius 1 is 0.971 bits per heavy atom. The summed E-state index contributed by atoms with van der Waals surface area (Å²) in [5, 5.41) is 5.65. The van der Waals surface area contributed by atoms with E-state index in [1.807, 2.05) is 43.3 Å². The Balaban J connectivity index is 1.59. The van der Waals surface area contributed by atoms with Crippen molar-refractivity contribution in [2.45, 2.75) is 13.8 Å². The van der Waals surface area contributed by atoms with Gasteiger partial charge in [-0.1, -0.05) is 42.5 Å². The summed E-state index contributed by atoms with van der Waals surface area (Å²) < 4.78 is 11.3. The van der Waals surface area contributed by atoms with Crippen LogP contribution in [0.3, 0.4) is 0 Å². The highest BCUT2D eigenvalue weighted by atomic mass is 16.5. The maximum Gasteiger partial charge on any atom is 0.255 e. The number of fused-ring (bicyclic) bond motifs is 1. The van der Waals surface area contributed by atoms with Gasteiger partial charge in [-0.25, -0.2) is 0 Å². The van der Waals surface area contributed by atoms with Gasteiger partial charge < -0.3 is 19.8 Å². The zero-order valence-corrected chi connectivity index (χ0v) is 19.1. The summed E-state index contributed by atoms with van der Waals surface area (Å²) in [6.07, 6.45) is 0. The Kier molecular flexibility index (Phi) is 6.45. The lowest BCUT2D eigenvalue weighted by atomic mass is 10.0. The molecule has 172 valence electrons. The predicted octanol–water partition coefficient (Wildman–Crippen LogP) is 4.45. The van der Waals surface area contributed by atoms with E-state index >= 15 is 0 Å². The number of anilines is 1. The summed E-state index contributed by atoms with van der Waals surface area (Å²) in [5.41, 5.74) is 2.81. The number of amides is 2. The zero-order valence-electron chi connectivity index (χ0n) is 19.1. The van der Waals surface area contributed by atoms with Crippen LogP contribution in [-0.2, 0) is 4.79 Å². The fraction of sp³-hybridized carbons (Fsp3) is 0.148. The Bertz CT molecular complexity index is 1440.